The summed E-state index contributed by atoms with van der Waals surface area (Å²) in [6.45, 7) is 4.33. The molecule has 0 aliphatic carbocycles. The fourth-order valence-electron chi connectivity index (χ4n) is 3.23. The Morgan fingerprint density at radius 1 is 1.38 bits per heavy atom. The van der Waals surface area contributed by atoms with E-state index in [9.17, 15) is 18.7 Å². The zero-order chi connectivity index (χ0) is 21.2. The van der Waals surface area contributed by atoms with Crippen molar-refractivity contribution in [3.8, 4) is 0 Å². The molecule has 3 rings (SSSR count). The van der Waals surface area contributed by atoms with Crippen LogP contribution in [0, 0.1) is 0 Å². The molecule has 158 valence electrons. The minimum absolute atomic E-state index is 0.175. The van der Waals surface area contributed by atoms with E-state index in [1.807, 2.05) is 37.4 Å². The lowest BCUT2D eigenvalue weighted by Crippen LogP contribution is -2.43. The summed E-state index contributed by atoms with van der Waals surface area (Å²) < 4.78 is 29.8. The maximum atomic E-state index is 13.3. The molecule has 1 amide bonds. The minimum atomic E-state index is -3.44. The van der Waals surface area contributed by atoms with Crippen LogP contribution in [0.15, 0.2) is 28.5 Å². The number of carbonyl (C=O) groups excluding carboxylic acids is 1. The summed E-state index contributed by atoms with van der Waals surface area (Å²) in [6, 6.07) is 5.84. The molecule has 2 heterocycles. The summed E-state index contributed by atoms with van der Waals surface area (Å²) in [5.74, 6) is -1.17. The lowest BCUT2D eigenvalue weighted by Gasteiger charge is -2.30. The average molecular weight is 460 g/mol. The van der Waals surface area contributed by atoms with Crippen LogP contribution >= 0.6 is 32.5 Å². The first-order valence-corrected chi connectivity index (χ1v) is 11.6. The zero-order valence-corrected chi connectivity index (χ0v) is 19.0. The largest absolute Gasteiger partial charge is 0.384 e. The molecule has 0 saturated heterocycles. The van der Waals surface area contributed by atoms with Crippen molar-refractivity contribution < 1.29 is 18.7 Å². The van der Waals surface area contributed by atoms with Gasteiger partial charge in [0, 0.05) is 23.4 Å². The SMILES string of the molecule is CCC(O)(CC)c1csc(NSc2ccc3c(c2)CN(C(=O)C(F)(F)P)CC3)n1. The van der Waals surface area contributed by atoms with Gasteiger partial charge in [-0.05, 0) is 54.5 Å². The van der Waals surface area contributed by atoms with Crippen molar-refractivity contribution >= 4 is 43.6 Å². The summed E-state index contributed by atoms with van der Waals surface area (Å²) in [6.07, 6.45) is 1.74. The van der Waals surface area contributed by atoms with Gasteiger partial charge in [-0.25, -0.2) is 4.98 Å². The molecule has 1 unspecified atom stereocenters. The molecule has 1 aromatic carbocycles. The first-order valence-electron chi connectivity index (χ1n) is 9.35. The highest BCUT2D eigenvalue weighted by Crippen LogP contribution is 2.34. The van der Waals surface area contributed by atoms with Crippen molar-refractivity contribution in [2.24, 2.45) is 0 Å². The Kier molecular flexibility index (Phi) is 6.83. The number of nitrogens with one attached hydrogen (secondary N) is 1. The van der Waals surface area contributed by atoms with Crippen molar-refractivity contribution in [2.45, 2.75) is 55.8 Å². The predicted molar refractivity (Wildman–Crippen MR) is 116 cm³/mol. The number of alkyl halides is 2. The number of nitrogens with zero attached hydrogens (tertiary/aromatic N) is 2. The van der Waals surface area contributed by atoms with Gasteiger partial charge in [0.1, 0.15) is 5.60 Å². The molecule has 0 spiro atoms. The van der Waals surface area contributed by atoms with Crippen LogP contribution < -0.4 is 4.72 Å². The molecule has 29 heavy (non-hydrogen) atoms. The Morgan fingerprint density at radius 3 is 2.76 bits per heavy atom. The highest BCUT2D eigenvalue weighted by atomic mass is 32.2. The summed E-state index contributed by atoms with van der Waals surface area (Å²) in [7, 11) is 1.31. The zero-order valence-electron chi connectivity index (χ0n) is 16.2. The molecule has 0 radical (unpaired) electrons. The van der Waals surface area contributed by atoms with E-state index in [0.29, 0.717) is 36.6 Å². The molecule has 2 aromatic rings. The van der Waals surface area contributed by atoms with Crippen LogP contribution in [0.25, 0.3) is 0 Å². The Bertz CT molecular complexity index is 885. The second-order valence-corrected chi connectivity index (χ2v) is 9.47. The molecular formula is C19H24F2N3O2PS2. The molecule has 1 aromatic heterocycles. The minimum Gasteiger partial charge on any atom is -0.384 e. The molecule has 0 fully saturated rings. The Labute approximate surface area is 179 Å². The molecular weight excluding hydrogens is 435 g/mol. The van der Waals surface area contributed by atoms with Crippen LogP contribution in [0.2, 0.25) is 0 Å². The third-order valence-corrected chi connectivity index (χ3v) is 7.09. The smallest absolute Gasteiger partial charge is 0.335 e. The monoisotopic (exact) mass is 459 g/mol. The fraction of sp³-hybridized carbons (Fsp3) is 0.474. The maximum absolute atomic E-state index is 13.3. The fourth-order valence-corrected chi connectivity index (χ4v) is 4.96. The van der Waals surface area contributed by atoms with E-state index in [2.05, 4.69) is 9.71 Å². The number of benzene rings is 1. The first kappa shape index (κ1) is 22.4. The van der Waals surface area contributed by atoms with Gasteiger partial charge in [0.05, 0.1) is 5.69 Å². The van der Waals surface area contributed by atoms with Gasteiger partial charge in [0.2, 0.25) is 0 Å². The quantitative estimate of drug-likeness (QED) is 0.467. The van der Waals surface area contributed by atoms with Crippen LogP contribution in [-0.2, 0) is 23.4 Å². The summed E-state index contributed by atoms with van der Waals surface area (Å²) in [4.78, 5) is 18.4. The first-order chi connectivity index (χ1) is 13.7. The number of hydrogen-bond acceptors (Lipinski definition) is 6. The van der Waals surface area contributed by atoms with Crippen molar-refractivity contribution in [2.75, 3.05) is 11.3 Å². The van der Waals surface area contributed by atoms with E-state index < -0.39 is 17.2 Å². The van der Waals surface area contributed by atoms with E-state index in [1.54, 1.807) is 0 Å². The van der Waals surface area contributed by atoms with Crippen LogP contribution in [-0.4, -0.2) is 33.1 Å². The van der Waals surface area contributed by atoms with Gasteiger partial charge in [-0.1, -0.05) is 29.2 Å². The molecule has 10 heteroatoms. The number of rotatable bonds is 7. The molecule has 0 saturated carbocycles. The molecule has 5 nitrogen and oxygen atoms in total. The number of thiazole rings is 1. The lowest BCUT2D eigenvalue weighted by atomic mass is 9.94. The molecule has 1 aliphatic heterocycles. The lowest BCUT2D eigenvalue weighted by molar-refractivity contribution is -0.147. The van der Waals surface area contributed by atoms with Gasteiger partial charge in [0.25, 0.3) is 5.91 Å². The van der Waals surface area contributed by atoms with E-state index in [4.69, 9.17) is 0 Å². The maximum Gasteiger partial charge on any atom is 0.335 e. The van der Waals surface area contributed by atoms with Crippen LogP contribution in [0.3, 0.4) is 0 Å². The number of anilines is 1. The summed E-state index contributed by atoms with van der Waals surface area (Å²) in [5, 5.41) is 13.1. The number of fused-ring (bicyclic) bond motifs is 1. The number of aliphatic hydroxyl groups is 1. The Hall–Kier alpha value is -1.28. The normalized spacial score (nSPS) is 14.6. The van der Waals surface area contributed by atoms with Crippen LogP contribution in [0.5, 0.6) is 0 Å². The van der Waals surface area contributed by atoms with Crippen molar-refractivity contribution in [3.63, 3.8) is 0 Å². The highest BCUT2D eigenvalue weighted by molar-refractivity contribution is 8.00. The van der Waals surface area contributed by atoms with E-state index in [0.717, 1.165) is 16.0 Å². The summed E-state index contributed by atoms with van der Waals surface area (Å²) >= 11 is 2.78. The topological polar surface area (TPSA) is 65.5 Å². The molecule has 1 atom stereocenters. The standard InChI is InChI=1S/C19H24F2N3O2PS2/c1-3-18(26,4-2)15-11-28-17(22-15)23-29-14-6-5-12-7-8-24(10-13(12)9-14)16(25)19(20,21)27/h5-6,9,11,26H,3-4,7-8,10,27H2,1-2H3,(H,22,23). The van der Waals surface area contributed by atoms with Crippen molar-refractivity contribution in [1.29, 1.82) is 0 Å². The van der Waals surface area contributed by atoms with Crippen LogP contribution in [0.1, 0.15) is 43.5 Å². The van der Waals surface area contributed by atoms with E-state index in [1.165, 1.54) is 37.4 Å². The number of carbonyl (C=O) groups is 1. The van der Waals surface area contributed by atoms with Gasteiger partial charge >= 0.3 is 5.66 Å². The van der Waals surface area contributed by atoms with Gasteiger partial charge in [-0.3, -0.25) is 4.79 Å². The van der Waals surface area contributed by atoms with Gasteiger partial charge in [-0.2, -0.15) is 8.78 Å². The van der Waals surface area contributed by atoms with E-state index in [-0.39, 0.29) is 6.54 Å². The molecule has 1 aliphatic rings. The Morgan fingerprint density at radius 2 is 2.10 bits per heavy atom. The Balaban J connectivity index is 1.67. The van der Waals surface area contributed by atoms with Crippen molar-refractivity contribution in [3.05, 3.63) is 40.4 Å². The highest BCUT2D eigenvalue weighted by Gasteiger charge is 2.38. The number of halogens is 2. The predicted octanol–water partition coefficient (Wildman–Crippen LogP) is 4.62. The summed E-state index contributed by atoms with van der Waals surface area (Å²) in [5.41, 5.74) is -1.75. The second kappa shape index (κ2) is 8.84. The van der Waals surface area contributed by atoms with Gasteiger partial charge < -0.3 is 14.7 Å². The van der Waals surface area contributed by atoms with Gasteiger partial charge in [0.15, 0.2) is 5.13 Å². The van der Waals surface area contributed by atoms with Gasteiger partial charge in [-0.15, -0.1) is 11.3 Å². The van der Waals surface area contributed by atoms with E-state index >= 15 is 0 Å². The third kappa shape index (κ3) is 5.08. The second-order valence-electron chi connectivity index (χ2n) is 7.01. The molecule has 2 N–H and O–H groups in total. The number of aromatic nitrogens is 1. The number of amides is 1. The average Bonchev–Trinajstić information content (AvgIpc) is 3.19. The van der Waals surface area contributed by atoms with Crippen LogP contribution in [0.4, 0.5) is 13.9 Å². The molecule has 0 bridgehead atoms. The van der Waals surface area contributed by atoms with Crippen molar-refractivity contribution in [1.82, 2.24) is 9.88 Å². The third-order valence-electron chi connectivity index (χ3n) is 5.17. The number of hydrogen-bond donors (Lipinski definition) is 2.